The summed E-state index contributed by atoms with van der Waals surface area (Å²) in [6, 6.07) is 105. The van der Waals surface area contributed by atoms with Crippen LogP contribution in [0.15, 0.2) is 308 Å². The van der Waals surface area contributed by atoms with Gasteiger partial charge < -0.3 is 12.0 Å². The molecule has 0 aliphatic rings. The number of aromatic nitrogens is 8. The van der Waals surface area contributed by atoms with Crippen molar-refractivity contribution in [1.29, 1.82) is 0 Å². The minimum Gasteiger partial charge on any atom is -1.00 e. The molecule has 434 valence electrons. The van der Waals surface area contributed by atoms with Gasteiger partial charge in [0.05, 0.1) is 22.1 Å². The SMILES string of the molecule is Brc1cccc(-n2c3ccccc3c3ccccc32)c1.Clc1nc(-c2ccc(-c3cccc(-c4ccccc4)c3)cc2)nc(-c2cccc(-n3c4ccccc4c4ccccc43)c2)n1.Clc1nc(Cl)nc(-c2ccc(-c3cccc(-c4ccccc4)c3)cc2)n1.[H-].[H-].[Mg+2]. The fourth-order valence-corrected chi connectivity index (χ4v) is 12.4. The van der Waals surface area contributed by atoms with Gasteiger partial charge in [-0.1, -0.05) is 253 Å². The quantitative estimate of drug-likeness (QED) is 0.134. The predicted octanol–water partition coefficient (Wildman–Crippen LogP) is 21.9. The second-order valence-corrected chi connectivity index (χ2v) is 23.2. The summed E-state index contributed by atoms with van der Waals surface area (Å²) in [7, 11) is 0. The molecule has 16 aromatic rings. The summed E-state index contributed by atoms with van der Waals surface area (Å²) < 4.78 is 5.69. The first kappa shape index (κ1) is 60.3. The zero-order valence-corrected chi connectivity index (χ0v) is 53.9. The summed E-state index contributed by atoms with van der Waals surface area (Å²) in [5.41, 5.74) is 18.8. The standard InChI is InChI=1S/C39H25ClN4.C21H13Cl2N3.C18H12BrN.Mg.2H/c40-39-42-37(28-22-20-27(21-23-28)30-13-8-12-29(24-30)26-10-2-1-3-11-26)41-38(43-39)31-14-9-15-32(25-31)44-35-18-6-4-16-33(35)34-17-5-7-19-36(34)44;22-20-24-19(25-21(23)26-20)16-11-9-15(10-12-16)18-8-4-7-17(13-18)14-5-2-1-3-6-14;19-13-6-5-7-14(12-13)20-17-10-3-1-8-15(17)16-9-2-4-11-18(16)20;;;/h1-25H;1-13H;1-12H;;;/q;;;+2;2*-1. The Morgan fingerprint density at radius 2 is 0.527 bits per heavy atom. The smallest absolute Gasteiger partial charge is 1.00 e. The van der Waals surface area contributed by atoms with Crippen LogP contribution in [0.1, 0.15) is 2.85 Å². The fraction of sp³-hybridized carbons (Fsp3) is 0. The number of benzene rings is 12. The van der Waals surface area contributed by atoms with Crippen molar-refractivity contribution in [3.63, 3.8) is 0 Å². The number of hydrogen-bond acceptors (Lipinski definition) is 6. The molecule has 91 heavy (non-hydrogen) atoms. The second-order valence-electron chi connectivity index (χ2n) is 21.3. The van der Waals surface area contributed by atoms with Gasteiger partial charge in [-0.15, -0.1) is 0 Å². The van der Waals surface area contributed by atoms with Gasteiger partial charge in [0, 0.05) is 54.1 Å². The van der Waals surface area contributed by atoms with Crippen LogP contribution in [0.4, 0.5) is 0 Å². The molecule has 4 heterocycles. The zero-order chi connectivity index (χ0) is 60.9. The molecule has 0 N–H and O–H groups in total. The third-order valence-electron chi connectivity index (χ3n) is 15.7. The Balaban J connectivity index is 0.000000154. The summed E-state index contributed by atoms with van der Waals surface area (Å²) in [5.74, 6) is 1.52. The third kappa shape index (κ3) is 13.1. The molecule has 0 aliphatic heterocycles. The molecule has 0 atom stereocenters. The van der Waals surface area contributed by atoms with Crippen LogP contribution < -0.4 is 0 Å². The van der Waals surface area contributed by atoms with Crippen molar-refractivity contribution < 1.29 is 2.85 Å². The van der Waals surface area contributed by atoms with Crippen molar-refractivity contribution >= 4 is 117 Å². The summed E-state index contributed by atoms with van der Waals surface area (Å²) >= 11 is 21.8. The van der Waals surface area contributed by atoms with E-state index in [0.717, 1.165) is 60.1 Å². The van der Waals surface area contributed by atoms with E-state index in [9.17, 15) is 0 Å². The second kappa shape index (κ2) is 27.2. The number of hydrogen-bond donors (Lipinski definition) is 0. The van der Waals surface area contributed by atoms with Crippen LogP contribution in [-0.2, 0) is 0 Å². The number of nitrogens with zero attached hydrogens (tertiary/aromatic N) is 8. The molecule has 4 aromatic heterocycles. The maximum atomic E-state index is 6.48. The molecule has 8 nitrogen and oxygen atoms in total. The number of rotatable bonds is 9. The van der Waals surface area contributed by atoms with Gasteiger partial charge in [-0.25, -0.2) is 4.98 Å². The zero-order valence-electron chi connectivity index (χ0n) is 50.7. The van der Waals surface area contributed by atoms with Gasteiger partial charge in [0.1, 0.15) is 0 Å². The molecule has 16 rings (SSSR count). The molecular formula is C78H52BrCl3MgN8. The molecule has 0 unspecified atom stereocenters. The Morgan fingerprint density at radius 3 is 0.934 bits per heavy atom. The van der Waals surface area contributed by atoms with Gasteiger partial charge in [-0.2, -0.15) is 24.9 Å². The predicted molar refractivity (Wildman–Crippen MR) is 384 cm³/mol. The summed E-state index contributed by atoms with van der Waals surface area (Å²) in [5, 5.41) is 5.35. The van der Waals surface area contributed by atoms with Crippen molar-refractivity contribution in [2.24, 2.45) is 0 Å². The molecule has 0 spiro atoms. The molecule has 0 saturated heterocycles. The first-order valence-corrected chi connectivity index (χ1v) is 31.0. The van der Waals surface area contributed by atoms with E-state index in [1.165, 1.54) is 60.5 Å². The summed E-state index contributed by atoms with van der Waals surface area (Å²) in [6.07, 6.45) is 0. The van der Waals surface area contributed by atoms with E-state index in [-0.39, 0.29) is 41.8 Å². The van der Waals surface area contributed by atoms with E-state index >= 15 is 0 Å². The molecule has 0 aliphatic carbocycles. The minimum absolute atomic E-state index is 0. The van der Waals surface area contributed by atoms with Gasteiger partial charge >= 0.3 is 23.1 Å². The van der Waals surface area contributed by atoms with Crippen LogP contribution in [-0.4, -0.2) is 62.1 Å². The maximum absolute atomic E-state index is 6.48. The Morgan fingerprint density at radius 1 is 0.242 bits per heavy atom. The number of para-hydroxylation sites is 4. The van der Waals surface area contributed by atoms with E-state index in [1.54, 1.807) is 0 Å². The van der Waals surface area contributed by atoms with E-state index < -0.39 is 0 Å². The van der Waals surface area contributed by atoms with Crippen LogP contribution in [0.5, 0.6) is 0 Å². The molecular weight excluding hydrogens is 1260 g/mol. The molecule has 12 aromatic carbocycles. The summed E-state index contributed by atoms with van der Waals surface area (Å²) in [4.78, 5) is 25.9. The van der Waals surface area contributed by atoms with Crippen LogP contribution in [0.3, 0.4) is 0 Å². The number of fused-ring (bicyclic) bond motifs is 6. The molecule has 0 saturated carbocycles. The Kier molecular flexibility index (Phi) is 18.0. The van der Waals surface area contributed by atoms with E-state index in [1.807, 2.05) is 72.8 Å². The molecule has 0 bridgehead atoms. The maximum Gasteiger partial charge on any atom is 2.00 e. The van der Waals surface area contributed by atoms with Crippen molar-refractivity contribution in [2.45, 2.75) is 0 Å². The first-order valence-electron chi connectivity index (χ1n) is 29.1. The van der Waals surface area contributed by atoms with Gasteiger partial charge in [0.15, 0.2) is 17.5 Å². The van der Waals surface area contributed by atoms with Crippen molar-refractivity contribution in [2.75, 3.05) is 0 Å². The molecule has 0 amide bonds. The molecule has 0 radical (unpaired) electrons. The van der Waals surface area contributed by atoms with Crippen LogP contribution in [0, 0.1) is 0 Å². The van der Waals surface area contributed by atoms with Crippen molar-refractivity contribution in [3.8, 4) is 90.0 Å². The average molecular weight is 1310 g/mol. The van der Waals surface area contributed by atoms with Gasteiger partial charge in [0.25, 0.3) is 0 Å². The van der Waals surface area contributed by atoms with E-state index in [2.05, 4.69) is 281 Å². The Bertz CT molecular complexity index is 5150. The summed E-state index contributed by atoms with van der Waals surface area (Å²) in [6.45, 7) is 0. The fourth-order valence-electron chi connectivity index (χ4n) is 11.5. The average Bonchev–Trinajstić information content (AvgIpc) is 1.62. The minimum atomic E-state index is 0. The van der Waals surface area contributed by atoms with Gasteiger partial charge in [0.2, 0.25) is 15.9 Å². The van der Waals surface area contributed by atoms with Crippen LogP contribution in [0.2, 0.25) is 15.9 Å². The Labute approximate surface area is 568 Å². The molecule has 13 heteroatoms. The van der Waals surface area contributed by atoms with Crippen molar-refractivity contribution in [1.82, 2.24) is 39.0 Å². The molecule has 0 fully saturated rings. The number of halogens is 4. The van der Waals surface area contributed by atoms with Crippen LogP contribution in [0.25, 0.3) is 134 Å². The van der Waals surface area contributed by atoms with Crippen LogP contribution >= 0.6 is 50.7 Å². The van der Waals surface area contributed by atoms with Crippen molar-refractivity contribution in [3.05, 3.63) is 324 Å². The van der Waals surface area contributed by atoms with E-state index in [0.29, 0.717) is 17.5 Å². The van der Waals surface area contributed by atoms with Gasteiger partial charge in [-0.3, -0.25) is 0 Å². The normalized spacial score (nSPS) is 11.0. The first-order chi connectivity index (χ1) is 44.2. The Hall–Kier alpha value is -9.62. The van der Waals surface area contributed by atoms with Gasteiger partial charge in [-0.05, 0) is 146 Å². The monoisotopic (exact) mass is 1310 g/mol. The largest absolute Gasteiger partial charge is 2.00 e. The van der Waals surface area contributed by atoms with E-state index in [4.69, 9.17) is 39.8 Å². The third-order valence-corrected chi connectivity index (χ3v) is 16.7. The topological polar surface area (TPSA) is 87.2 Å².